The number of hydrogen-bond donors (Lipinski definition) is 0. The fraction of sp³-hybridized carbons (Fsp3) is 0.238. The molecule has 2 aromatic carbocycles. The molecule has 126 valence electrons. The summed E-state index contributed by atoms with van der Waals surface area (Å²) in [6, 6.07) is 18.9. The quantitative estimate of drug-likeness (QED) is 0.542. The van der Waals surface area contributed by atoms with Crippen molar-refractivity contribution in [2.45, 2.75) is 20.8 Å². The number of hydrogen-bond acceptors (Lipinski definition) is 3. The maximum atomic E-state index is 4.91. The van der Waals surface area contributed by atoms with Crippen LogP contribution in [0.2, 0.25) is 0 Å². The molecule has 0 N–H and O–H groups in total. The molecule has 25 heavy (non-hydrogen) atoms. The maximum absolute atomic E-state index is 4.91. The number of rotatable bonds is 4. The molecule has 0 amide bonds. The summed E-state index contributed by atoms with van der Waals surface area (Å²) in [7, 11) is 0. The molecular weight excluding hydrogens is 308 g/mol. The van der Waals surface area contributed by atoms with Crippen LogP contribution in [0.25, 0.3) is 27.6 Å². The number of nitrogens with zero attached hydrogens (tertiary/aromatic N) is 4. The number of fused-ring (bicyclic) bond motifs is 2. The number of benzene rings is 2. The van der Waals surface area contributed by atoms with Gasteiger partial charge in [0.1, 0.15) is 0 Å². The van der Waals surface area contributed by atoms with Crippen molar-refractivity contribution in [3.63, 3.8) is 0 Å². The van der Waals surface area contributed by atoms with Crippen molar-refractivity contribution in [2.75, 3.05) is 18.0 Å². The minimum absolute atomic E-state index is 0.909. The van der Waals surface area contributed by atoms with Gasteiger partial charge in [0.05, 0.1) is 16.9 Å². The zero-order chi connectivity index (χ0) is 17.4. The Balaban J connectivity index is 1.92. The third kappa shape index (κ3) is 2.64. The highest BCUT2D eigenvalue weighted by molar-refractivity contribution is 5.94. The van der Waals surface area contributed by atoms with Crippen LogP contribution in [0.4, 0.5) is 5.69 Å². The summed E-state index contributed by atoms with van der Waals surface area (Å²) < 4.78 is 1.93. The van der Waals surface area contributed by atoms with E-state index in [1.165, 1.54) is 5.69 Å². The van der Waals surface area contributed by atoms with Gasteiger partial charge in [0.25, 0.3) is 0 Å². The lowest BCUT2D eigenvalue weighted by Gasteiger charge is -2.21. The Morgan fingerprint density at radius 1 is 0.960 bits per heavy atom. The summed E-state index contributed by atoms with van der Waals surface area (Å²) in [6.45, 7) is 8.42. The smallest absolute Gasteiger partial charge is 0.163 e. The van der Waals surface area contributed by atoms with Crippen molar-refractivity contribution >= 4 is 27.6 Å². The molecule has 0 radical (unpaired) electrons. The predicted octanol–water partition coefficient (Wildman–Crippen LogP) is 4.73. The van der Waals surface area contributed by atoms with Gasteiger partial charge in [-0.2, -0.15) is 5.10 Å². The van der Waals surface area contributed by atoms with E-state index in [2.05, 4.69) is 55.1 Å². The monoisotopic (exact) mass is 330 g/mol. The third-order valence-electron chi connectivity index (χ3n) is 4.75. The van der Waals surface area contributed by atoms with E-state index in [4.69, 9.17) is 10.1 Å². The Hall–Kier alpha value is -2.88. The first-order valence-electron chi connectivity index (χ1n) is 8.81. The van der Waals surface area contributed by atoms with E-state index in [1.807, 2.05) is 29.8 Å². The van der Waals surface area contributed by atoms with E-state index in [1.54, 1.807) is 0 Å². The topological polar surface area (TPSA) is 34.0 Å². The molecule has 0 spiro atoms. The third-order valence-corrected chi connectivity index (χ3v) is 4.75. The van der Waals surface area contributed by atoms with E-state index >= 15 is 0 Å². The van der Waals surface area contributed by atoms with Crippen LogP contribution < -0.4 is 4.90 Å². The normalized spacial score (nSPS) is 11.3. The van der Waals surface area contributed by atoms with Crippen molar-refractivity contribution in [3.05, 3.63) is 60.3 Å². The van der Waals surface area contributed by atoms with Crippen LogP contribution in [0.3, 0.4) is 0 Å². The van der Waals surface area contributed by atoms with Gasteiger partial charge in [0, 0.05) is 29.5 Å². The summed E-state index contributed by atoms with van der Waals surface area (Å²) in [5.74, 6) is 0. The number of pyridine rings is 1. The second kappa shape index (κ2) is 6.20. The van der Waals surface area contributed by atoms with Gasteiger partial charge >= 0.3 is 0 Å². The summed E-state index contributed by atoms with van der Waals surface area (Å²) >= 11 is 0. The van der Waals surface area contributed by atoms with Crippen LogP contribution in [0.15, 0.2) is 54.6 Å². The minimum Gasteiger partial charge on any atom is -0.372 e. The molecule has 4 heteroatoms. The van der Waals surface area contributed by atoms with Gasteiger partial charge in [-0.05, 0) is 57.2 Å². The molecule has 4 nitrogen and oxygen atoms in total. The number of anilines is 1. The first-order valence-corrected chi connectivity index (χ1v) is 8.81. The average molecular weight is 330 g/mol. The van der Waals surface area contributed by atoms with Gasteiger partial charge in [0.2, 0.25) is 0 Å². The molecule has 0 fully saturated rings. The summed E-state index contributed by atoms with van der Waals surface area (Å²) in [5.41, 5.74) is 5.19. The van der Waals surface area contributed by atoms with Gasteiger partial charge in [0.15, 0.2) is 5.65 Å². The van der Waals surface area contributed by atoms with Crippen LogP contribution in [0.1, 0.15) is 19.5 Å². The zero-order valence-corrected chi connectivity index (χ0v) is 14.9. The molecule has 0 saturated carbocycles. The molecule has 0 unspecified atom stereocenters. The lowest BCUT2D eigenvalue weighted by Crippen LogP contribution is -2.21. The van der Waals surface area contributed by atoms with Crippen molar-refractivity contribution in [2.24, 2.45) is 0 Å². The van der Waals surface area contributed by atoms with Gasteiger partial charge in [-0.15, -0.1) is 0 Å². The Bertz CT molecular complexity index is 1030. The second-order valence-electron chi connectivity index (χ2n) is 6.24. The van der Waals surface area contributed by atoms with Crippen LogP contribution in [0.5, 0.6) is 0 Å². The molecule has 0 saturated heterocycles. The SMILES string of the molecule is CCN(CC)c1ccc2nc3c(cc2c1)c(C)nn3-c1ccccc1. The Morgan fingerprint density at radius 2 is 1.72 bits per heavy atom. The van der Waals surface area contributed by atoms with Crippen LogP contribution in [-0.2, 0) is 0 Å². The van der Waals surface area contributed by atoms with Crippen molar-refractivity contribution < 1.29 is 0 Å². The molecule has 4 aromatic rings. The van der Waals surface area contributed by atoms with E-state index in [9.17, 15) is 0 Å². The standard InChI is InChI=1S/C21H22N4/c1-4-24(5-2)18-11-12-20-16(13-18)14-19-15(3)23-25(21(19)22-20)17-9-7-6-8-10-17/h6-14H,4-5H2,1-3H3. The first-order chi connectivity index (χ1) is 12.2. The Kier molecular flexibility index (Phi) is 3.88. The molecular formula is C21H22N4. The van der Waals surface area contributed by atoms with Crippen molar-refractivity contribution in [3.8, 4) is 5.69 Å². The summed E-state index contributed by atoms with van der Waals surface area (Å²) in [6.07, 6.45) is 0. The maximum Gasteiger partial charge on any atom is 0.163 e. The van der Waals surface area contributed by atoms with Gasteiger partial charge in [-0.1, -0.05) is 18.2 Å². The van der Waals surface area contributed by atoms with Crippen LogP contribution >= 0.6 is 0 Å². The van der Waals surface area contributed by atoms with Crippen LogP contribution in [0, 0.1) is 6.92 Å². The molecule has 0 aliphatic heterocycles. The predicted molar refractivity (Wildman–Crippen MR) is 105 cm³/mol. The van der Waals surface area contributed by atoms with Crippen LogP contribution in [-0.4, -0.2) is 27.9 Å². The fourth-order valence-corrected chi connectivity index (χ4v) is 3.37. The first kappa shape index (κ1) is 15.6. The molecule has 2 aromatic heterocycles. The summed E-state index contributed by atoms with van der Waals surface area (Å²) in [4.78, 5) is 7.26. The van der Waals surface area contributed by atoms with E-state index in [0.717, 1.165) is 46.4 Å². The number of aromatic nitrogens is 3. The molecule has 0 bridgehead atoms. The number of para-hydroxylation sites is 1. The molecule has 2 heterocycles. The van der Waals surface area contributed by atoms with E-state index in [-0.39, 0.29) is 0 Å². The molecule has 0 aliphatic rings. The average Bonchev–Trinajstić information content (AvgIpc) is 2.97. The number of aryl methyl sites for hydroxylation is 1. The Labute approximate surface area is 147 Å². The highest BCUT2D eigenvalue weighted by atomic mass is 15.3. The van der Waals surface area contributed by atoms with E-state index in [0.29, 0.717) is 0 Å². The highest BCUT2D eigenvalue weighted by Crippen LogP contribution is 2.27. The minimum atomic E-state index is 0.909. The zero-order valence-electron chi connectivity index (χ0n) is 14.9. The fourth-order valence-electron chi connectivity index (χ4n) is 3.37. The van der Waals surface area contributed by atoms with Crippen molar-refractivity contribution in [1.82, 2.24) is 14.8 Å². The van der Waals surface area contributed by atoms with Gasteiger partial charge in [-0.25, -0.2) is 9.67 Å². The largest absolute Gasteiger partial charge is 0.372 e. The lowest BCUT2D eigenvalue weighted by atomic mass is 10.1. The van der Waals surface area contributed by atoms with Crippen molar-refractivity contribution in [1.29, 1.82) is 0 Å². The molecule has 0 aliphatic carbocycles. The molecule has 0 atom stereocenters. The Morgan fingerprint density at radius 3 is 2.44 bits per heavy atom. The van der Waals surface area contributed by atoms with Gasteiger partial charge < -0.3 is 4.90 Å². The van der Waals surface area contributed by atoms with Gasteiger partial charge in [-0.3, -0.25) is 0 Å². The van der Waals surface area contributed by atoms with E-state index < -0.39 is 0 Å². The highest BCUT2D eigenvalue weighted by Gasteiger charge is 2.12. The lowest BCUT2D eigenvalue weighted by molar-refractivity contribution is 0.867. The second-order valence-corrected chi connectivity index (χ2v) is 6.24. The summed E-state index contributed by atoms with van der Waals surface area (Å²) in [5, 5.41) is 6.98. The molecule has 4 rings (SSSR count).